The largest absolute Gasteiger partial charge is 0.380 e. The number of guanidine groups is 1. The van der Waals surface area contributed by atoms with Crippen molar-refractivity contribution in [1.82, 2.24) is 9.29 Å². The van der Waals surface area contributed by atoms with Crippen molar-refractivity contribution in [2.45, 2.75) is 17.2 Å². The fourth-order valence-electron chi connectivity index (χ4n) is 3.85. The zero-order chi connectivity index (χ0) is 23.3. The quantitative estimate of drug-likeness (QED) is 0.698. The average molecular weight is 469 g/mol. The lowest BCUT2D eigenvalue weighted by Crippen LogP contribution is -2.61. The van der Waals surface area contributed by atoms with E-state index in [1.165, 1.54) is 19.2 Å². The molecular weight excluding hydrogens is 451 g/mol. The minimum Gasteiger partial charge on any atom is -0.380 e. The third-order valence-electron chi connectivity index (χ3n) is 5.52. The number of nitrogens with two attached hydrogens (primary N) is 1. The Labute approximate surface area is 181 Å². The number of halogens is 3. The Morgan fingerprint density at radius 2 is 2.03 bits per heavy atom. The highest BCUT2D eigenvalue weighted by atomic mass is 32.2. The molecule has 0 saturated carbocycles. The third-order valence-corrected chi connectivity index (χ3v) is 7.72. The van der Waals surface area contributed by atoms with Gasteiger partial charge >= 0.3 is 0 Å². The summed E-state index contributed by atoms with van der Waals surface area (Å²) in [5.74, 6) is -4.20. The molecule has 1 saturated heterocycles. The van der Waals surface area contributed by atoms with Crippen LogP contribution in [0.4, 0.5) is 18.9 Å². The van der Waals surface area contributed by atoms with Gasteiger partial charge in [0.15, 0.2) is 11.5 Å². The molecule has 0 aliphatic carbocycles. The Morgan fingerprint density at radius 3 is 2.75 bits per heavy atom. The van der Waals surface area contributed by atoms with E-state index in [-0.39, 0.29) is 36.8 Å². The van der Waals surface area contributed by atoms with Gasteiger partial charge in [0.25, 0.3) is 5.91 Å². The topological polar surface area (TPSA) is 127 Å². The smallest absolute Gasteiger partial charge is 0.277 e. The summed E-state index contributed by atoms with van der Waals surface area (Å²) in [5.41, 5.74) is 3.51. The van der Waals surface area contributed by atoms with Gasteiger partial charge in [-0.2, -0.15) is 0 Å². The normalized spacial score (nSPS) is 24.4. The molecular formula is C19H18F3N5O4S. The molecule has 2 aliphatic rings. The molecule has 32 heavy (non-hydrogen) atoms. The number of carbonyl (C=O) groups excluding carboxylic acids is 1. The fraction of sp³-hybridized carbons (Fsp3) is 0.316. The lowest BCUT2D eigenvalue weighted by molar-refractivity contribution is 0.0521. The van der Waals surface area contributed by atoms with Gasteiger partial charge in [-0.05, 0) is 18.2 Å². The maximum absolute atomic E-state index is 15.0. The van der Waals surface area contributed by atoms with E-state index in [0.717, 1.165) is 10.4 Å². The van der Waals surface area contributed by atoms with Gasteiger partial charge in [-0.25, -0.2) is 35.9 Å². The van der Waals surface area contributed by atoms with E-state index < -0.39 is 49.9 Å². The van der Waals surface area contributed by atoms with Gasteiger partial charge in [0.2, 0.25) is 16.0 Å². The van der Waals surface area contributed by atoms with Gasteiger partial charge in [-0.3, -0.25) is 4.79 Å². The summed E-state index contributed by atoms with van der Waals surface area (Å²) in [4.78, 5) is 20.2. The number of hydrogen-bond acceptors (Lipinski definition) is 7. The molecule has 1 aromatic carbocycles. The van der Waals surface area contributed by atoms with Crippen LogP contribution in [0, 0.1) is 17.5 Å². The van der Waals surface area contributed by atoms with Crippen molar-refractivity contribution < 1.29 is 31.1 Å². The van der Waals surface area contributed by atoms with Crippen LogP contribution in [-0.4, -0.2) is 55.1 Å². The van der Waals surface area contributed by atoms with Crippen LogP contribution in [0.25, 0.3) is 0 Å². The van der Waals surface area contributed by atoms with Gasteiger partial charge in [0.1, 0.15) is 22.4 Å². The highest BCUT2D eigenvalue weighted by molar-refractivity contribution is 7.90. The van der Waals surface area contributed by atoms with Gasteiger partial charge in [0, 0.05) is 37.4 Å². The molecule has 170 valence electrons. The molecule has 0 radical (unpaired) electrons. The van der Waals surface area contributed by atoms with Crippen LogP contribution in [-0.2, 0) is 20.3 Å². The zero-order valence-electron chi connectivity index (χ0n) is 16.7. The number of fused-ring (bicyclic) bond motifs is 1. The van der Waals surface area contributed by atoms with E-state index in [0.29, 0.717) is 12.3 Å². The highest BCUT2D eigenvalue weighted by Gasteiger charge is 2.55. The Balaban J connectivity index is 1.77. The number of sulfonamides is 1. The molecule has 4 rings (SSSR count). The Bertz CT molecular complexity index is 1240. The van der Waals surface area contributed by atoms with Crippen LogP contribution in [0.15, 0.2) is 35.5 Å². The zero-order valence-corrected chi connectivity index (χ0v) is 17.5. The summed E-state index contributed by atoms with van der Waals surface area (Å²) >= 11 is 0. The minimum absolute atomic E-state index is 0.0217. The molecule has 1 amide bonds. The number of ether oxygens (including phenoxy) is 1. The number of rotatable bonds is 3. The summed E-state index contributed by atoms with van der Waals surface area (Å²) in [6.07, 6.45) is 0.703. The van der Waals surface area contributed by atoms with Crippen molar-refractivity contribution >= 4 is 27.6 Å². The number of nitrogens with zero attached hydrogens (tertiary/aromatic N) is 3. The SMILES string of the molecule is CN1C(N)=NC2(c3cc(NC(=O)c4ncc(F)cc4F)ccc3F)CCOCC2S1(=O)=O. The molecule has 0 bridgehead atoms. The molecule has 3 N–H and O–H groups in total. The second-order valence-electron chi connectivity index (χ2n) is 7.35. The lowest BCUT2D eigenvalue weighted by Gasteiger charge is -2.45. The van der Waals surface area contributed by atoms with E-state index in [9.17, 15) is 26.4 Å². The van der Waals surface area contributed by atoms with Crippen molar-refractivity contribution in [3.8, 4) is 0 Å². The van der Waals surface area contributed by atoms with Crippen molar-refractivity contribution in [3.63, 3.8) is 0 Å². The second-order valence-corrected chi connectivity index (χ2v) is 9.50. The predicted octanol–water partition coefficient (Wildman–Crippen LogP) is 1.33. The Morgan fingerprint density at radius 1 is 1.28 bits per heavy atom. The van der Waals surface area contributed by atoms with Crippen molar-refractivity contribution in [2.24, 2.45) is 10.7 Å². The summed E-state index contributed by atoms with van der Waals surface area (Å²) in [6.45, 7) is -0.128. The number of pyridine rings is 1. The monoisotopic (exact) mass is 469 g/mol. The number of aliphatic imine (C=N–C) groups is 1. The molecule has 3 heterocycles. The van der Waals surface area contributed by atoms with Crippen molar-refractivity contribution in [3.05, 3.63) is 59.2 Å². The molecule has 9 nitrogen and oxygen atoms in total. The van der Waals surface area contributed by atoms with E-state index in [2.05, 4.69) is 15.3 Å². The molecule has 13 heteroatoms. The number of amides is 1. The number of carbonyl (C=O) groups is 1. The van der Waals surface area contributed by atoms with Crippen LogP contribution < -0.4 is 11.1 Å². The van der Waals surface area contributed by atoms with E-state index in [1.807, 2.05) is 0 Å². The van der Waals surface area contributed by atoms with Crippen LogP contribution in [0.1, 0.15) is 22.5 Å². The van der Waals surface area contributed by atoms with Crippen molar-refractivity contribution in [2.75, 3.05) is 25.6 Å². The Hall–Kier alpha value is -3.19. The number of hydrogen-bond donors (Lipinski definition) is 2. The first-order valence-corrected chi connectivity index (χ1v) is 10.9. The number of anilines is 1. The summed E-state index contributed by atoms with van der Waals surface area (Å²) in [7, 11) is -2.78. The van der Waals surface area contributed by atoms with Crippen LogP contribution >= 0.6 is 0 Å². The number of nitrogens with one attached hydrogen (secondary N) is 1. The lowest BCUT2D eigenvalue weighted by atomic mass is 9.82. The third kappa shape index (κ3) is 3.46. The first kappa shape index (κ1) is 22.0. The van der Waals surface area contributed by atoms with E-state index in [1.54, 1.807) is 0 Å². The van der Waals surface area contributed by atoms with Crippen LogP contribution in [0.5, 0.6) is 0 Å². The molecule has 2 aliphatic heterocycles. The Kier molecular flexibility index (Phi) is 5.33. The number of aromatic nitrogens is 1. The molecule has 2 unspecified atom stereocenters. The first-order valence-electron chi connectivity index (χ1n) is 9.39. The second kappa shape index (κ2) is 7.74. The summed E-state index contributed by atoms with van der Waals surface area (Å²) in [6, 6.07) is 3.95. The minimum atomic E-state index is -4.02. The van der Waals surface area contributed by atoms with Gasteiger partial charge in [-0.15, -0.1) is 0 Å². The maximum Gasteiger partial charge on any atom is 0.277 e. The van der Waals surface area contributed by atoms with Crippen LogP contribution in [0.3, 0.4) is 0 Å². The predicted molar refractivity (Wildman–Crippen MR) is 108 cm³/mol. The summed E-state index contributed by atoms with van der Waals surface area (Å²) in [5, 5.41) is 1.10. The van der Waals surface area contributed by atoms with E-state index >= 15 is 0 Å². The van der Waals surface area contributed by atoms with E-state index in [4.69, 9.17) is 10.5 Å². The number of benzene rings is 1. The molecule has 1 aromatic heterocycles. The van der Waals surface area contributed by atoms with Gasteiger partial charge < -0.3 is 15.8 Å². The van der Waals surface area contributed by atoms with Gasteiger partial charge in [-0.1, -0.05) is 0 Å². The molecule has 1 fully saturated rings. The molecule has 2 atom stereocenters. The van der Waals surface area contributed by atoms with Crippen molar-refractivity contribution in [1.29, 1.82) is 0 Å². The first-order chi connectivity index (χ1) is 15.1. The summed E-state index contributed by atoms with van der Waals surface area (Å²) < 4.78 is 74.0. The average Bonchev–Trinajstić information content (AvgIpc) is 2.73. The highest BCUT2D eigenvalue weighted by Crippen LogP contribution is 2.44. The standard InChI is InChI=1S/C19H18F3N5O4S/c1-27-18(23)26-19(4-5-31-9-15(19)32(27,29)30)12-7-11(2-3-13(12)21)25-17(28)16-14(22)6-10(20)8-24-16/h2-3,6-8,15H,4-5,9H2,1H3,(H2,23,26)(H,25,28). The fourth-order valence-corrected chi connectivity index (χ4v) is 5.59. The van der Waals surface area contributed by atoms with Crippen LogP contribution in [0.2, 0.25) is 0 Å². The maximum atomic E-state index is 15.0. The molecule has 2 aromatic rings. The van der Waals surface area contributed by atoms with Gasteiger partial charge in [0.05, 0.1) is 12.8 Å². The molecule has 0 spiro atoms.